The normalized spacial score (nSPS) is 18.8. The van der Waals surface area contributed by atoms with Gasteiger partial charge in [0.1, 0.15) is 0 Å². The summed E-state index contributed by atoms with van der Waals surface area (Å²) in [4.78, 5) is 0. The number of rotatable bonds is 3. The van der Waals surface area contributed by atoms with Crippen LogP contribution in [0.1, 0.15) is 24.1 Å². The maximum absolute atomic E-state index is 12.5. The van der Waals surface area contributed by atoms with Crippen molar-refractivity contribution < 1.29 is 13.2 Å². The van der Waals surface area contributed by atoms with Gasteiger partial charge >= 0.3 is 6.18 Å². The van der Waals surface area contributed by atoms with Crippen molar-refractivity contribution in [2.45, 2.75) is 25.2 Å². The van der Waals surface area contributed by atoms with Crippen molar-refractivity contribution in [3.05, 3.63) is 35.4 Å². The van der Waals surface area contributed by atoms with E-state index in [-0.39, 0.29) is 6.04 Å². The smallest absolute Gasteiger partial charge is 0.314 e. The molecule has 0 aromatic heterocycles. The van der Waals surface area contributed by atoms with Crippen LogP contribution in [0.2, 0.25) is 0 Å². The molecule has 0 saturated carbocycles. The molecular formula is C12H15F3N2. The Bertz CT molecular complexity index is 386. The topological polar surface area (TPSA) is 24.1 Å². The molecule has 1 atom stereocenters. The van der Waals surface area contributed by atoms with Gasteiger partial charge in [-0.2, -0.15) is 13.2 Å². The van der Waals surface area contributed by atoms with Crippen LogP contribution in [0.25, 0.3) is 0 Å². The first-order chi connectivity index (χ1) is 7.97. The van der Waals surface area contributed by atoms with Crippen molar-refractivity contribution >= 4 is 0 Å². The molecule has 0 spiro atoms. The minimum absolute atomic E-state index is 0.0654. The predicted molar refractivity (Wildman–Crippen MR) is 59.7 cm³/mol. The minimum atomic E-state index is -4.27. The summed E-state index contributed by atoms with van der Waals surface area (Å²) in [6.45, 7) is 3.64. The number of hydrogen-bond donors (Lipinski definition) is 2. The summed E-state index contributed by atoms with van der Waals surface area (Å²) in [5, 5.41) is 6.39. The summed E-state index contributed by atoms with van der Waals surface area (Å²) in [5.41, 5.74) is 0.0853. The molecule has 1 aromatic rings. The molecule has 0 aliphatic carbocycles. The molecule has 1 aliphatic heterocycles. The van der Waals surface area contributed by atoms with Gasteiger partial charge < -0.3 is 10.6 Å². The van der Waals surface area contributed by atoms with Gasteiger partial charge in [-0.15, -0.1) is 0 Å². The maximum Gasteiger partial charge on any atom is 0.416 e. The van der Waals surface area contributed by atoms with Crippen LogP contribution in [0.5, 0.6) is 0 Å². The van der Waals surface area contributed by atoms with Crippen molar-refractivity contribution in [3.63, 3.8) is 0 Å². The van der Waals surface area contributed by atoms with Crippen LogP contribution in [0.4, 0.5) is 13.2 Å². The van der Waals surface area contributed by atoms with Gasteiger partial charge in [0.25, 0.3) is 0 Å². The van der Waals surface area contributed by atoms with Gasteiger partial charge in [0, 0.05) is 25.2 Å². The third-order valence-electron chi connectivity index (χ3n) is 2.98. The Morgan fingerprint density at radius 2 is 2.06 bits per heavy atom. The zero-order valence-electron chi connectivity index (χ0n) is 9.51. The Labute approximate surface area is 98.2 Å². The van der Waals surface area contributed by atoms with E-state index >= 15 is 0 Å². The van der Waals surface area contributed by atoms with E-state index in [1.165, 1.54) is 12.1 Å². The zero-order valence-corrected chi connectivity index (χ0v) is 9.51. The number of nitrogens with one attached hydrogen (secondary N) is 2. The fraction of sp³-hybridized carbons (Fsp3) is 0.500. The van der Waals surface area contributed by atoms with Crippen molar-refractivity contribution in [1.82, 2.24) is 10.6 Å². The number of hydrogen-bond acceptors (Lipinski definition) is 2. The van der Waals surface area contributed by atoms with E-state index in [2.05, 4.69) is 10.6 Å². The van der Waals surface area contributed by atoms with Crippen LogP contribution in [0, 0.1) is 0 Å². The van der Waals surface area contributed by atoms with Crippen molar-refractivity contribution in [1.29, 1.82) is 0 Å². The minimum Gasteiger partial charge on any atom is -0.314 e. The lowest BCUT2D eigenvalue weighted by Crippen LogP contribution is -2.55. The molecule has 2 N–H and O–H groups in total. The molecule has 1 fully saturated rings. The molecule has 0 bridgehead atoms. The molecule has 17 heavy (non-hydrogen) atoms. The molecule has 0 amide bonds. The SMILES string of the molecule is CC(NC1CNC1)c1cccc(C(F)(F)F)c1. The van der Waals surface area contributed by atoms with Crippen LogP contribution in [-0.2, 0) is 6.18 Å². The molecule has 94 valence electrons. The molecule has 1 heterocycles. The van der Waals surface area contributed by atoms with Crippen LogP contribution in [0.3, 0.4) is 0 Å². The number of halogens is 3. The number of alkyl halides is 3. The van der Waals surface area contributed by atoms with Gasteiger partial charge in [-0.25, -0.2) is 0 Å². The monoisotopic (exact) mass is 244 g/mol. The van der Waals surface area contributed by atoms with E-state index < -0.39 is 11.7 Å². The predicted octanol–water partition coefficient (Wildman–Crippen LogP) is 2.33. The van der Waals surface area contributed by atoms with E-state index in [0.717, 1.165) is 19.2 Å². The Hall–Kier alpha value is -1.07. The van der Waals surface area contributed by atoms with E-state index in [9.17, 15) is 13.2 Å². The molecule has 1 unspecified atom stereocenters. The second-order valence-corrected chi connectivity index (χ2v) is 4.37. The van der Waals surface area contributed by atoms with Gasteiger partial charge in [0.05, 0.1) is 5.56 Å². The quantitative estimate of drug-likeness (QED) is 0.852. The van der Waals surface area contributed by atoms with E-state index in [1.54, 1.807) is 6.07 Å². The van der Waals surface area contributed by atoms with Gasteiger partial charge in [-0.3, -0.25) is 0 Å². The van der Waals surface area contributed by atoms with Crippen molar-refractivity contribution in [3.8, 4) is 0 Å². The molecule has 2 nitrogen and oxygen atoms in total. The summed E-state index contributed by atoms with van der Waals surface area (Å²) in [6, 6.07) is 5.78. The van der Waals surface area contributed by atoms with Gasteiger partial charge in [0.15, 0.2) is 0 Å². The highest BCUT2D eigenvalue weighted by molar-refractivity contribution is 5.27. The van der Waals surface area contributed by atoms with Crippen LogP contribution in [-0.4, -0.2) is 19.1 Å². The fourth-order valence-electron chi connectivity index (χ4n) is 1.84. The van der Waals surface area contributed by atoms with Crippen molar-refractivity contribution in [2.24, 2.45) is 0 Å². The lowest BCUT2D eigenvalue weighted by Gasteiger charge is -2.31. The first-order valence-electron chi connectivity index (χ1n) is 5.61. The maximum atomic E-state index is 12.5. The first kappa shape index (κ1) is 12.4. The standard InChI is InChI=1S/C12H15F3N2/c1-8(17-11-6-16-7-11)9-3-2-4-10(5-9)12(13,14)15/h2-5,8,11,16-17H,6-7H2,1H3. The highest BCUT2D eigenvalue weighted by Crippen LogP contribution is 2.30. The molecule has 1 saturated heterocycles. The summed E-state index contributed by atoms with van der Waals surface area (Å²) in [7, 11) is 0. The van der Waals surface area contributed by atoms with E-state index in [0.29, 0.717) is 11.6 Å². The molecule has 1 aromatic carbocycles. The number of benzene rings is 1. The van der Waals surface area contributed by atoms with Gasteiger partial charge in [-0.1, -0.05) is 12.1 Å². The average Bonchev–Trinajstić information content (AvgIpc) is 2.22. The Balaban J connectivity index is 2.09. The van der Waals surface area contributed by atoms with E-state index in [4.69, 9.17) is 0 Å². The highest BCUT2D eigenvalue weighted by Gasteiger charge is 2.30. The third-order valence-corrected chi connectivity index (χ3v) is 2.98. The lowest BCUT2D eigenvalue weighted by atomic mass is 10.0. The first-order valence-corrected chi connectivity index (χ1v) is 5.61. The van der Waals surface area contributed by atoms with Gasteiger partial charge in [-0.05, 0) is 24.6 Å². The molecule has 0 radical (unpaired) electrons. The zero-order chi connectivity index (χ0) is 12.5. The Kier molecular flexibility index (Phi) is 3.40. The second kappa shape index (κ2) is 4.66. The Morgan fingerprint density at radius 3 is 2.59 bits per heavy atom. The average molecular weight is 244 g/mol. The molecule has 1 aliphatic rings. The molecular weight excluding hydrogens is 229 g/mol. The van der Waals surface area contributed by atoms with Crippen LogP contribution < -0.4 is 10.6 Å². The summed E-state index contributed by atoms with van der Waals surface area (Å²) in [6.07, 6.45) is -4.27. The van der Waals surface area contributed by atoms with Crippen molar-refractivity contribution in [2.75, 3.05) is 13.1 Å². The highest BCUT2D eigenvalue weighted by atomic mass is 19.4. The largest absolute Gasteiger partial charge is 0.416 e. The summed E-state index contributed by atoms with van der Waals surface area (Å²) < 4.78 is 37.6. The summed E-state index contributed by atoms with van der Waals surface area (Å²) >= 11 is 0. The van der Waals surface area contributed by atoms with Gasteiger partial charge in [0.2, 0.25) is 0 Å². The second-order valence-electron chi connectivity index (χ2n) is 4.37. The van der Waals surface area contributed by atoms with Crippen LogP contribution in [0.15, 0.2) is 24.3 Å². The molecule has 5 heteroatoms. The lowest BCUT2D eigenvalue weighted by molar-refractivity contribution is -0.137. The van der Waals surface area contributed by atoms with Crippen LogP contribution >= 0.6 is 0 Å². The molecule has 2 rings (SSSR count). The fourth-order valence-corrected chi connectivity index (χ4v) is 1.84. The summed E-state index contributed by atoms with van der Waals surface area (Å²) in [5.74, 6) is 0. The Morgan fingerprint density at radius 1 is 1.35 bits per heavy atom. The van der Waals surface area contributed by atoms with E-state index in [1.807, 2.05) is 6.92 Å². The third kappa shape index (κ3) is 2.98.